The van der Waals surface area contributed by atoms with Crippen LogP contribution in [0, 0.1) is 5.92 Å². The average molecular weight is 353 g/mol. The summed E-state index contributed by atoms with van der Waals surface area (Å²) in [6.45, 7) is 12.3. The van der Waals surface area contributed by atoms with Crippen LogP contribution >= 0.6 is 0 Å². The van der Waals surface area contributed by atoms with Gasteiger partial charge in [-0.05, 0) is 45.4 Å². The maximum Gasteiger partial charge on any atom is 0.236 e. The van der Waals surface area contributed by atoms with Crippen molar-refractivity contribution in [2.75, 3.05) is 52.4 Å². The molecule has 1 saturated carbocycles. The Morgan fingerprint density at radius 1 is 0.920 bits per heavy atom. The van der Waals surface area contributed by atoms with E-state index in [2.05, 4.69) is 22.0 Å². The third kappa shape index (κ3) is 6.59. The number of nitrogens with one attached hydrogen (secondary N) is 1. The van der Waals surface area contributed by atoms with E-state index >= 15 is 0 Å². The van der Waals surface area contributed by atoms with Crippen LogP contribution in [0.25, 0.3) is 0 Å². The lowest BCUT2D eigenvalue weighted by Crippen LogP contribution is -2.52. The van der Waals surface area contributed by atoms with Crippen molar-refractivity contribution in [1.82, 2.24) is 20.0 Å². The van der Waals surface area contributed by atoms with Crippen molar-refractivity contribution in [3.8, 4) is 0 Å². The van der Waals surface area contributed by atoms with Gasteiger partial charge < -0.3 is 10.2 Å². The number of hydrogen-bond acceptors (Lipinski definition) is 4. The number of likely N-dealkylation sites (N-methyl/N-ethyl adjacent to an activating group) is 1. The standard InChI is InChI=1S/C19H36N4O2/c1-4-23(5-2)19(25)15-22-12-10-21(11-13-22)14-18(24)20-17-8-6-16(3)7-9-17/h16-17H,4-15H2,1-3H3,(H,20,24). The van der Waals surface area contributed by atoms with Crippen LogP contribution in [-0.2, 0) is 9.59 Å². The summed E-state index contributed by atoms with van der Waals surface area (Å²) in [4.78, 5) is 30.7. The SMILES string of the molecule is CCN(CC)C(=O)CN1CCN(CC(=O)NC2CCC(C)CC2)CC1. The molecule has 0 bridgehead atoms. The molecule has 1 aliphatic heterocycles. The first kappa shape index (κ1) is 20.2. The number of amides is 2. The number of nitrogens with zero attached hydrogens (tertiary/aromatic N) is 3. The third-order valence-corrected chi connectivity index (χ3v) is 5.69. The fourth-order valence-corrected chi connectivity index (χ4v) is 3.85. The van der Waals surface area contributed by atoms with Crippen LogP contribution in [0.3, 0.4) is 0 Å². The molecule has 0 atom stereocenters. The van der Waals surface area contributed by atoms with Crippen molar-refractivity contribution in [3.63, 3.8) is 0 Å². The van der Waals surface area contributed by atoms with Gasteiger partial charge in [-0.3, -0.25) is 19.4 Å². The minimum Gasteiger partial charge on any atom is -0.352 e. The van der Waals surface area contributed by atoms with E-state index in [9.17, 15) is 9.59 Å². The van der Waals surface area contributed by atoms with Gasteiger partial charge in [-0.2, -0.15) is 0 Å². The molecule has 1 N–H and O–H groups in total. The zero-order valence-corrected chi connectivity index (χ0v) is 16.3. The second-order valence-electron chi connectivity index (χ2n) is 7.64. The van der Waals surface area contributed by atoms with Crippen LogP contribution in [0.4, 0.5) is 0 Å². The minimum atomic E-state index is 0.159. The summed E-state index contributed by atoms with van der Waals surface area (Å²) in [6, 6.07) is 0.372. The van der Waals surface area contributed by atoms with Crippen molar-refractivity contribution < 1.29 is 9.59 Å². The molecule has 2 aliphatic rings. The van der Waals surface area contributed by atoms with Crippen LogP contribution in [0.2, 0.25) is 0 Å². The highest BCUT2D eigenvalue weighted by Gasteiger charge is 2.24. The highest BCUT2D eigenvalue weighted by Crippen LogP contribution is 2.23. The van der Waals surface area contributed by atoms with Crippen LogP contribution in [0.15, 0.2) is 0 Å². The highest BCUT2D eigenvalue weighted by atomic mass is 16.2. The summed E-state index contributed by atoms with van der Waals surface area (Å²) in [5, 5.41) is 3.21. The average Bonchev–Trinajstić information content (AvgIpc) is 2.60. The van der Waals surface area contributed by atoms with Crippen LogP contribution in [0.5, 0.6) is 0 Å². The van der Waals surface area contributed by atoms with Gasteiger partial charge in [-0.15, -0.1) is 0 Å². The summed E-state index contributed by atoms with van der Waals surface area (Å²) >= 11 is 0. The van der Waals surface area contributed by atoms with E-state index in [4.69, 9.17) is 0 Å². The summed E-state index contributed by atoms with van der Waals surface area (Å²) in [5.74, 6) is 1.18. The Morgan fingerprint density at radius 3 is 1.96 bits per heavy atom. The van der Waals surface area contributed by atoms with E-state index in [1.807, 2.05) is 18.7 Å². The molecule has 1 heterocycles. The molecule has 0 spiro atoms. The van der Waals surface area contributed by atoms with E-state index in [1.165, 1.54) is 12.8 Å². The van der Waals surface area contributed by atoms with Crippen molar-refractivity contribution in [2.45, 2.75) is 52.5 Å². The van der Waals surface area contributed by atoms with E-state index in [1.54, 1.807) is 0 Å². The molecule has 2 amide bonds. The minimum absolute atomic E-state index is 0.159. The van der Waals surface area contributed by atoms with Crippen LogP contribution in [-0.4, -0.2) is 84.9 Å². The molecule has 0 radical (unpaired) electrons. The molecule has 6 heteroatoms. The smallest absolute Gasteiger partial charge is 0.236 e. The monoisotopic (exact) mass is 352 g/mol. The Kier molecular flexibility index (Phi) is 8.16. The second kappa shape index (κ2) is 10.1. The summed E-state index contributed by atoms with van der Waals surface area (Å²) in [6.07, 6.45) is 4.69. The molecular formula is C19H36N4O2. The molecule has 1 aliphatic carbocycles. The van der Waals surface area contributed by atoms with Gasteiger partial charge in [-0.1, -0.05) is 6.92 Å². The van der Waals surface area contributed by atoms with Crippen LogP contribution in [0.1, 0.15) is 46.5 Å². The molecule has 144 valence electrons. The Bertz CT molecular complexity index is 423. The molecular weight excluding hydrogens is 316 g/mol. The van der Waals surface area contributed by atoms with Crippen molar-refractivity contribution in [2.24, 2.45) is 5.92 Å². The maximum absolute atomic E-state index is 12.3. The predicted molar refractivity (Wildman–Crippen MR) is 100 cm³/mol. The van der Waals surface area contributed by atoms with E-state index in [-0.39, 0.29) is 11.8 Å². The summed E-state index contributed by atoms with van der Waals surface area (Å²) in [5.41, 5.74) is 0. The normalized spacial score (nSPS) is 25.6. The maximum atomic E-state index is 12.3. The van der Waals surface area contributed by atoms with Crippen molar-refractivity contribution in [3.05, 3.63) is 0 Å². The zero-order valence-electron chi connectivity index (χ0n) is 16.3. The van der Waals surface area contributed by atoms with Gasteiger partial charge in [0, 0.05) is 45.3 Å². The molecule has 0 aromatic heterocycles. The van der Waals surface area contributed by atoms with Gasteiger partial charge in [0.1, 0.15) is 0 Å². The molecule has 0 aromatic rings. The van der Waals surface area contributed by atoms with E-state index < -0.39 is 0 Å². The number of piperazine rings is 1. The van der Waals surface area contributed by atoms with Gasteiger partial charge >= 0.3 is 0 Å². The third-order valence-electron chi connectivity index (χ3n) is 5.69. The van der Waals surface area contributed by atoms with Gasteiger partial charge in [0.2, 0.25) is 11.8 Å². The Morgan fingerprint density at radius 2 is 1.44 bits per heavy atom. The molecule has 6 nitrogen and oxygen atoms in total. The Balaban J connectivity index is 1.64. The largest absolute Gasteiger partial charge is 0.352 e. The topological polar surface area (TPSA) is 55.9 Å². The number of rotatable bonds is 7. The number of hydrogen-bond donors (Lipinski definition) is 1. The summed E-state index contributed by atoms with van der Waals surface area (Å²) in [7, 11) is 0. The molecule has 0 aromatic carbocycles. The molecule has 25 heavy (non-hydrogen) atoms. The van der Waals surface area contributed by atoms with E-state index in [0.29, 0.717) is 19.1 Å². The van der Waals surface area contributed by atoms with Gasteiger partial charge in [0.15, 0.2) is 0 Å². The highest BCUT2D eigenvalue weighted by molar-refractivity contribution is 5.78. The lowest BCUT2D eigenvalue weighted by atomic mass is 9.87. The first-order chi connectivity index (χ1) is 12.0. The second-order valence-corrected chi connectivity index (χ2v) is 7.64. The number of carbonyl (C=O) groups excluding carboxylic acids is 2. The molecule has 2 fully saturated rings. The van der Waals surface area contributed by atoms with E-state index in [0.717, 1.165) is 58.0 Å². The van der Waals surface area contributed by atoms with Gasteiger partial charge in [-0.25, -0.2) is 0 Å². The fraction of sp³-hybridized carbons (Fsp3) is 0.895. The molecule has 1 saturated heterocycles. The zero-order chi connectivity index (χ0) is 18.2. The van der Waals surface area contributed by atoms with Crippen LogP contribution < -0.4 is 5.32 Å². The predicted octanol–water partition coefficient (Wildman–Crippen LogP) is 1.17. The number of carbonyl (C=O) groups is 2. The van der Waals surface area contributed by atoms with Gasteiger partial charge in [0.05, 0.1) is 13.1 Å². The molecule has 2 rings (SSSR count). The Labute approximate surface area is 152 Å². The van der Waals surface area contributed by atoms with Gasteiger partial charge in [0.25, 0.3) is 0 Å². The van der Waals surface area contributed by atoms with Crippen molar-refractivity contribution >= 4 is 11.8 Å². The first-order valence-electron chi connectivity index (χ1n) is 10.0. The Hall–Kier alpha value is -1.14. The fourth-order valence-electron chi connectivity index (χ4n) is 3.85. The summed E-state index contributed by atoms with van der Waals surface area (Å²) < 4.78 is 0. The lowest BCUT2D eigenvalue weighted by molar-refractivity contribution is -0.133. The quantitative estimate of drug-likeness (QED) is 0.747. The molecule has 0 unspecified atom stereocenters. The van der Waals surface area contributed by atoms with Crippen molar-refractivity contribution in [1.29, 1.82) is 0 Å². The lowest BCUT2D eigenvalue weighted by Gasteiger charge is -2.35. The first-order valence-corrected chi connectivity index (χ1v) is 10.0.